The third-order valence-corrected chi connectivity index (χ3v) is 4.04. The van der Waals surface area contributed by atoms with Crippen molar-refractivity contribution in [1.29, 1.82) is 0 Å². The first-order valence-electron chi connectivity index (χ1n) is 6.95. The summed E-state index contributed by atoms with van der Waals surface area (Å²) in [6.45, 7) is 1.63. The van der Waals surface area contributed by atoms with Gasteiger partial charge in [-0.25, -0.2) is 4.39 Å². The molecule has 0 fully saturated rings. The molecule has 2 rings (SSSR count). The first-order chi connectivity index (χ1) is 11.3. The van der Waals surface area contributed by atoms with Crippen molar-refractivity contribution < 1.29 is 14.1 Å². The van der Waals surface area contributed by atoms with E-state index in [-0.39, 0.29) is 22.2 Å². The van der Waals surface area contributed by atoms with Gasteiger partial charge in [0.25, 0.3) is 5.69 Å². The molecule has 0 bridgehead atoms. The smallest absolute Gasteiger partial charge is 0.273 e. The van der Waals surface area contributed by atoms with Crippen molar-refractivity contribution in [3.05, 3.63) is 73.5 Å². The normalized spacial score (nSPS) is 11.8. The lowest BCUT2D eigenvalue weighted by atomic mass is 10.1. The van der Waals surface area contributed by atoms with Gasteiger partial charge in [0.05, 0.1) is 22.4 Å². The second kappa shape index (κ2) is 7.59. The van der Waals surface area contributed by atoms with Crippen LogP contribution >= 0.6 is 23.2 Å². The van der Waals surface area contributed by atoms with Gasteiger partial charge >= 0.3 is 0 Å². The molecule has 8 heteroatoms. The first kappa shape index (κ1) is 18.2. The third-order valence-electron chi connectivity index (χ3n) is 3.42. The minimum atomic E-state index is -0.643. The number of amides is 1. The van der Waals surface area contributed by atoms with Crippen LogP contribution in [-0.2, 0) is 11.2 Å². The van der Waals surface area contributed by atoms with Crippen molar-refractivity contribution >= 4 is 34.8 Å². The van der Waals surface area contributed by atoms with E-state index < -0.39 is 22.7 Å². The van der Waals surface area contributed by atoms with Crippen molar-refractivity contribution in [3.8, 4) is 0 Å². The molecule has 0 aromatic heterocycles. The first-order valence-corrected chi connectivity index (χ1v) is 7.71. The Morgan fingerprint density at radius 3 is 2.62 bits per heavy atom. The highest BCUT2D eigenvalue weighted by atomic mass is 35.5. The Bertz CT molecular complexity index is 799. The predicted octanol–water partition coefficient (Wildman–Crippen LogP) is 4.46. The van der Waals surface area contributed by atoms with Crippen LogP contribution in [0.3, 0.4) is 0 Å². The molecular formula is C16H13Cl2FN2O3. The maximum Gasteiger partial charge on any atom is 0.273 e. The van der Waals surface area contributed by atoms with Crippen LogP contribution in [0.2, 0.25) is 10.0 Å². The second-order valence-electron chi connectivity index (χ2n) is 5.14. The van der Waals surface area contributed by atoms with Gasteiger partial charge in [-0.1, -0.05) is 41.4 Å². The summed E-state index contributed by atoms with van der Waals surface area (Å²) in [7, 11) is 0. The Labute approximate surface area is 147 Å². The lowest BCUT2D eigenvalue weighted by molar-refractivity contribution is -0.385. The second-order valence-corrected chi connectivity index (χ2v) is 5.95. The number of rotatable bonds is 5. The van der Waals surface area contributed by atoms with Gasteiger partial charge in [0.15, 0.2) is 0 Å². The monoisotopic (exact) mass is 370 g/mol. The Morgan fingerprint density at radius 1 is 1.29 bits per heavy atom. The Balaban J connectivity index is 2.13. The number of halogens is 3. The summed E-state index contributed by atoms with van der Waals surface area (Å²) < 4.78 is 13.6. The highest BCUT2D eigenvalue weighted by Gasteiger charge is 2.19. The number of benzene rings is 2. The average molecular weight is 371 g/mol. The molecule has 0 saturated heterocycles. The Hall–Kier alpha value is -2.18. The van der Waals surface area contributed by atoms with Gasteiger partial charge in [-0.05, 0) is 24.6 Å². The van der Waals surface area contributed by atoms with E-state index in [0.717, 1.165) is 6.07 Å². The molecule has 2 aromatic rings. The molecule has 1 unspecified atom stereocenters. The van der Waals surface area contributed by atoms with E-state index in [2.05, 4.69) is 5.32 Å². The topological polar surface area (TPSA) is 72.2 Å². The molecule has 126 valence electrons. The van der Waals surface area contributed by atoms with Gasteiger partial charge in [0.2, 0.25) is 5.91 Å². The lowest BCUT2D eigenvalue weighted by Gasteiger charge is -2.16. The van der Waals surface area contributed by atoms with Crippen molar-refractivity contribution in [2.24, 2.45) is 0 Å². The van der Waals surface area contributed by atoms with E-state index in [9.17, 15) is 19.3 Å². The van der Waals surface area contributed by atoms with Gasteiger partial charge in [0.1, 0.15) is 5.82 Å². The zero-order valence-corrected chi connectivity index (χ0v) is 14.1. The van der Waals surface area contributed by atoms with Crippen molar-refractivity contribution in [3.63, 3.8) is 0 Å². The Kier molecular flexibility index (Phi) is 5.75. The van der Waals surface area contributed by atoms with Gasteiger partial charge < -0.3 is 5.32 Å². The maximum absolute atomic E-state index is 13.6. The molecule has 5 nitrogen and oxygen atoms in total. The van der Waals surface area contributed by atoms with Gasteiger partial charge in [-0.3, -0.25) is 14.9 Å². The number of nitro benzene ring substituents is 1. The molecule has 1 amide bonds. The summed E-state index contributed by atoms with van der Waals surface area (Å²) in [4.78, 5) is 22.6. The molecule has 0 heterocycles. The number of nitrogens with zero attached hydrogens (tertiary/aromatic N) is 1. The van der Waals surface area contributed by atoms with Crippen molar-refractivity contribution in [2.75, 3.05) is 0 Å². The van der Waals surface area contributed by atoms with Crippen LogP contribution in [0.25, 0.3) is 0 Å². The number of nitrogens with one attached hydrogen (secondary N) is 1. The van der Waals surface area contributed by atoms with Crippen LogP contribution < -0.4 is 5.32 Å². The fourth-order valence-electron chi connectivity index (χ4n) is 2.25. The molecular weight excluding hydrogens is 358 g/mol. The summed E-state index contributed by atoms with van der Waals surface area (Å²) in [5.74, 6) is -1.08. The molecule has 0 aliphatic heterocycles. The lowest BCUT2D eigenvalue weighted by Crippen LogP contribution is -2.28. The molecule has 0 aliphatic rings. The number of carbonyl (C=O) groups excluding carboxylic acids is 1. The summed E-state index contributed by atoms with van der Waals surface area (Å²) >= 11 is 11.7. The van der Waals surface area contributed by atoms with Crippen LogP contribution in [0.5, 0.6) is 0 Å². The number of hydrogen-bond acceptors (Lipinski definition) is 3. The number of carbonyl (C=O) groups is 1. The minimum Gasteiger partial charge on any atom is -0.349 e. The molecule has 1 N–H and O–H groups in total. The van der Waals surface area contributed by atoms with Crippen LogP contribution in [0, 0.1) is 15.9 Å². The summed E-state index contributed by atoms with van der Waals surface area (Å²) in [6, 6.07) is 7.82. The molecule has 0 spiro atoms. The van der Waals surface area contributed by atoms with Gasteiger partial charge in [-0.15, -0.1) is 0 Å². The van der Waals surface area contributed by atoms with E-state index >= 15 is 0 Å². The maximum atomic E-state index is 13.6. The van der Waals surface area contributed by atoms with Crippen LogP contribution in [-0.4, -0.2) is 10.8 Å². The summed E-state index contributed by atoms with van der Waals surface area (Å²) in [5, 5.41) is 13.7. The predicted molar refractivity (Wildman–Crippen MR) is 89.8 cm³/mol. The molecule has 0 saturated carbocycles. The molecule has 0 aliphatic carbocycles. The average Bonchev–Trinajstić information content (AvgIpc) is 2.50. The number of para-hydroxylation sites is 1. The highest BCUT2D eigenvalue weighted by Crippen LogP contribution is 2.28. The minimum absolute atomic E-state index is 0.109. The third kappa shape index (κ3) is 4.21. The van der Waals surface area contributed by atoms with E-state index in [0.29, 0.717) is 11.1 Å². The van der Waals surface area contributed by atoms with E-state index in [1.54, 1.807) is 13.0 Å². The molecule has 24 heavy (non-hydrogen) atoms. The molecule has 0 radical (unpaired) electrons. The fraction of sp³-hybridized carbons (Fsp3) is 0.188. The van der Waals surface area contributed by atoms with E-state index in [1.807, 2.05) is 0 Å². The van der Waals surface area contributed by atoms with Crippen molar-refractivity contribution in [2.45, 2.75) is 19.4 Å². The largest absolute Gasteiger partial charge is 0.349 e. The zero-order chi connectivity index (χ0) is 17.9. The van der Waals surface area contributed by atoms with Crippen LogP contribution in [0.15, 0.2) is 36.4 Å². The van der Waals surface area contributed by atoms with Gasteiger partial charge in [-0.2, -0.15) is 0 Å². The fourth-order valence-corrected chi connectivity index (χ4v) is 2.80. The SMILES string of the molecule is CC(NC(=O)Cc1ccccc1[N+](=O)[O-])c1cc(F)c(Cl)cc1Cl. The highest BCUT2D eigenvalue weighted by molar-refractivity contribution is 6.35. The summed E-state index contributed by atoms with van der Waals surface area (Å²) in [6.07, 6.45) is -0.171. The van der Waals surface area contributed by atoms with E-state index in [4.69, 9.17) is 23.2 Å². The van der Waals surface area contributed by atoms with Gasteiger partial charge in [0, 0.05) is 16.7 Å². The standard InChI is InChI=1S/C16H13Cl2FN2O3/c1-9(11-7-14(19)13(18)8-12(11)17)20-16(22)6-10-4-2-3-5-15(10)21(23)24/h2-5,7-9H,6H2,1H3,(H,20,22). The molecule has 2 aromatic carbocycles. The number of nitro groups is 1. The molecule has 1 atom stereocenters. The zero-order valence-electron chi connectivity index (χ0n) is 12.6. The number of hydrogen-bond donors (Lipinski definition) is 1. The van der Waals surface area contributed by atoms with Crippen LogP contribution in [0.4, 0.5) is 10.1 Å². The summed E-state index contributed by atoms with van der Waals surface area (Å²) in [5.41, 5.74) is 0.533. The Morgan fingerprint density at radius 2 is 1.96 bits per heavy atom. The van der Waals surface area contributed by atoms with Crippen LogP contribution in [0.1, 0.15) is 24.1 Å². The quantitative estimate of drug-likeness (QED) is 0.479. The van der Waals surface area contributed by atoms with E-state index in [1.165, 1.54) is 24.3 Å². The van der Waals surface area contributed by atoms with Crippen molar-refractivity contribution in [1.82, 2.24) is 5.32 Å².